The lowest BCUT2D eigenvalue weighted by atomic mass is 9.97. The second-order valence-electron chi connectivity index (χ2n) is 9.91. The Kier molecular flexibility index (Phi) is 11.8. The predicted octanol–water partition coefficient (Wildman–Crippen LogP) is 4.94. The third kappa shape index (κ3) is 9.53. The van der Waals surface area contributed by atoms with E-state index in [-0.39, 0.29) is 72.4 Å². The molecule has 0 spiro atoms. The third-order valence-electron chi connectivity index (χ3n) is 4.23. The number of hydrogen-bond acceptors (Lipinski definition) is 8. The first-order valence-electron chi connectivity index (χ1n) is 11.7. The van der Waals surface area contributed by atoms with E-state index in [2.05, 4.69) is 0 Å². The molecule has 0 aliphatic heterocycles. The molecule has 0 radical (unpaired) electrons. The van der Waals surface area contributed by atoms with Crippen molar-refractivity contribution in [3.8, 4) is 0 Å². The second kappa shape index (κ2) is 13.7. The smallest absolute Gasteiger partial charge is 0.339 e. The van der Waals surface area contributed by atoms with Gasteiger partial charge in [-0.2, -0.15) is 0 Å². The monoisotopic (exact) mass is 478 g/mol. The summed E-state index contributed by atoms with van der Waals surface area (Å²) in [6.45, 7) is 15.4. The molecule has 0 N–H and O–H groups in total. The first-order chi connectivity index (χ1) is 15.8. The van der Waals surface area contributed by atoms with Crippen molar-refractivity contribution in [1.29, 1.82) is 0 Å². The van der Waals surface area contributed by atoms with Crippen LogP contribution in [0.5, 0.6) is 0 Å². The van der Waals surface area contributed by atoms with Crippen LogP contribution < -0.4 is 0 Å². The number of carbonyl (C=O) groups is 4. The minimum absolute atomic E-state index is 0.0565. The summed E-state index contributed by atoms with van der Waals surface area (Å²) in [7, 11) is 0. The molecule has 8 nitrogen and oxygen atoms in total. The van der Waals surface area contributed by atoms with E-state index in [1.807, 2.05) is 55.4 Å². The molecule has 0 aliphatic rings. The molecule has 0 atom stereocenters. The van der Waals surface area contributed by atoms with E-state index in [0.29, 0.717) is 0 Å². The summed E-state index contributed by atoms with van der Waals surface area (Å²) in [6.07, 6.45) is 0. The molecule has 0 aromatic heterocycles. The molecule has 0 saturated carbocycles. The molecule has 0 amide bonds. The molecule has 0 bridgehead atoms. The van der Waals surface area contributed by atoms with E-state index in [0.717, 1.165) is 12.1 Å². The number of hydrogen-bond donors (Lipinski definition) is 0. The van der Waals surface area contributed by atoms with Crippen LogP contribution >= 0.6 is 0 Å². The van der Waals surface area contributed by atoms with Crippen molar-refractivity contribution in [2.75, 3.05) is 26.4 Å². The fourth-order valence-corrected chi connectivity index (χ4v) is 2.56. The van der Waals surface area contributed by atoms with Crippen LogP contribution in [0.25, 0.3) is 0 Å². The van der Waals surface area contributed by atoms with Crippen molar-refractivity contribution in [2.24, 2.45) is 23.7 Å². The van der Waals surface area contributed by atoms with Gasteiger partial charge in [0.1, 0.15) is 0 Å². The van der Waals surface area contributed by atoms with Gasteiger partial charge in [-0.25, -0.2) is 19.2 Å². The van der Waals surface area contributed by atoms with E-state index in [1.54, 1.807) is 0 Å². The molecule has 0 heterocycles. The Labute approximate surface area is 202 Å². The number of carbonyl (C=O) groups excluding carboxylic acids is 4. The van der Waals surface area contributed by atoms with E-state index in [4.69, 9.17) is 18.9 Å². The number of ether oxygens (including phenoxy) is 4. The summed E-state index contributed by atoms with van der Waals surface area (Å²) in [6, 6.07) is 2.31. The zero-order valence-electron chi connectivity index (χ0n) is 21.6. The van der Waals surface area contributed by atoms with Crippen LogP contribution in [-0.2, 0) is 18.9 Å². The molecule has 1 rings (SSSR count). The number of rotatable bonds is 12. The zero-order valence-corrected chi connectivity index (χ0v) is 21.6. The Morgan fingerprint density at radius 1 is 0.471 bits per heavy atom. The van der Waals surface area contributed by atoms with Crippen LogP contribution in [0, 0.1) is 23.7 Å². The summed E-state index contributed by atoms with van der Waals surface area (Å²) in [4.78, 5) is 51.4. The molecular formula is C26H38O8. The normalized spacial score (nSPS) is 11.2. The lowest BCUT2D eigenvalue weighted by molar-refractivity contribution is 0.0396. The maximum atomic E-state index is 12.9. The average molecular weight is 479 g/mol. The Morgan fingerprint density at radius 3 is 0.794 bits per heavy atom. The highest BCUT2D eigenvalue weighted by atomic mass is 16.5. The van der Waals surface area contributed by atoms with E-state index < -0.39 is 23.9 Å². The van der Waals surface area contributed by atoms with Gasteiger partial charge in [0, 0.05) is 0 Å². The van der Waals surface area contributed by atoms with Crippen LogP contribution in [-0.4, -0.2) is 50.3 Å². The van der Waals surface area contributed by atoms with Crippen molar-refractivity contribution in [1.82, 2.24) is 0 Å². The summed E-state index contributed by atoms with van der Waals surface area (Å²) in [5.74, 6) is -2.98. The quantitative estimate of drug-likeness (QED) is 0.307. The van der Waals surface area contributed by atoms with Gasteiger partial charge in [0.25, 0.3) is 0 Å². The first kappa shape index (κ1) is 29.1. The van der Waals surface area contributed by atoms with E-state index >= 15 is 0 Å². The molecule has 1 aromatic rings. The summed E-state index contributed by atoms with van der Waals surface area (Å²) < 4.78 is 21.2. The Bertz CT molecular complexity index is 730. The van der Waals surface area contributed by atoms with Gasteiger partial charge in [-0.05, 0) is 35.8 Å². The van der Waals surface area contributed by atoms with Crippen LogP contribution in [0.1, 0.15) is 96.8 Å². The molecule has 0 aliphatic carbocycles. The van der Waals surface area contributed by atoms with Gasteiger partial charge in [0.2, 0.25) is 0 Å². The lowest BCUT2D eigenvalue weighted by Gasteiger charge is -2.16. The molecule has 0 fully saturated rings. The lowest BCUT2D eigenvalue weighted by Crippen LogP contribution is -2.22. The van der Waals surface area contributed by atoms with Gasteiger partial charge < -0.3 is 18.9 Å². The van der Waals surface area contributed by atoms with Crippen LogP contribution in [0.3, 0.4) is 0 Å². The highest BCUT2D eigenvalue weighted by Gasteiger charge is 2.29. The maximum Gasteiger partial charge on any atom is 0.339 e. The fraction of sp³-hybridized carbons (Fsp3) is 0.615. The number of benzene rings is 1. The van der Waals surface area contributed by atoms with Crippen molar-refractivity contribution < 1.29 is 38.1 Å². The average Bonchev–Trinajstić information content (AvgIpc) is 2.76. The van der Waals surface area contributed by atoms with Gasteiger partial charge in [0.15, 0.2) is 0 Å². The molecule has 0 unspecified atom stereocenters. The van der Waals surface area contributed by atoms with E-state index in [1.165, 1.54) is 0 Å². The van der Waals surface area contributed by atoms with Gasteiger partial charge >= 0.3 is 23.9 Å². The minimum Gasteiger partial charge on any atom is -0.462 e. The minimum atomic E-state index is -0.801. The summed E-state index contributed by atoms with van der Waals surface area (Å²) in [5, 5.41) is 0. The van der Waals surface area contributed by atoms with Crippen LogP contribution in [0.4, 0.5) is 0 Å². The second-order valence-corrected chi connectivity index (χ2v) is 9.91. The zero-order chi connectivity index (χ0) is 26.0. The Balaban J connectivity index is 3.59. The van der Waals surface area contributed by atoms with Gasteiger partial charge in [-0.1, -0.05) is 55.4 Å². The third-order valence-corrected chi connectivity index (χ3v) is 4.23. The van der Waals surface area contributed by atoms with Crippen LogP contribution in [0.2, 0.25) is 0 Å². The topological polar surface area (TPSA) is 105 Å². The SMILES string of the molecule is CC(C)COC(=O)c1cc(C(=O)OCC(C)C)c(C(=O)OCC(C)C)cc1C(=O)OCC(C)C. The van der Waals surface area contributed by atoms with Crippen molar-refractivity contribution in [3.63, 3.8) is 0 Å². The summed E-state index contributed by atoms with van der Waals surface area (Å²) in [5.41, 5.74) is -0.699. The summed E-state index contributed by atoms with van der Waals surface area (Å²) >= 11 is 0. The van der Waals surface area contributed by atoms with Crippen molar-refractivity contribution >= 4 is 23.9 Å². The molecule has 1 aromatic carbocycles. The Morgan fingerprint density at radius 2 is 0.647 bits per heavy atom. The molecule has 34 heavy (non-hydrogen) atoms. The highest BCUT2D eigenvalue weighted by molar-refractivity contribution is 6.10. The molecule has 8 heteroatoms. The largest absolute Gasteiger partial charge is 0.462 e. The van der Waals surface area contributed by atoms with E-state index in [9.17, 15) is 19.2 Å². The van der Waals surface area contributed by atoms with Gasteiger partial charge in [-0.3, -0.25) is 0 Å². The first-order valence-corrected chi connectivity index (χ1v) is 11.7. The molecular weight excluding hydrogens is 440 g/mol. The van der Waals surface area contributed by atoms with Gasteiger partial charge in [0.05, 0.1) is 48.7 Å². The van der Waals surface area contributed by atoms with Crippen molar-refractivity contribution in [2.45, 2.75) is 55.4 Å². The fourth-order valence-electron chi connectivity index (χ4n) is 2.56. The predicted molar refractivity (Wildman–Crippen MR) is 127 cm³/mol. The molecule has 0 saturated heterocycles. The number of esters is 4. The highest BCUT2D eigenvalue weighted by Crippen LogP contribution is 2.23. The Hall–Kier alpha value is -2.90. The maximum absolute atomic E-state index is 12.9. The standard InChI is InChI=1S/C26H38O8/c1-15(2)11-31-23(27)19-9-21(25(29)33-13-17(5)6)22(26(30)34-14-18(7)8)10-20(19)24(28)32-12-16(3)4/h9-10,15-18H,11-14H2,1-8H3. The van der Waals surface area contributed by atoms with Crippen molar-refractivity contribution in [3.05, 3.63) is 34.4 Å². The van der Waals surface area contributed by atoms with Gasteiger partial charge in [-0.15, -0.1) is 0 Å². The molecule has 190 valence electrons. The van der Waals surface area contributed by atoms with Crippen LogP contribution in [0.15, 0.2) is 12.1 Å².